The van der Waals surface area contributed by atoms with Crippen molar-refractivity contribution < 1.29 is 23.1 Å². The van der Waals surface area contributed by atoms with E-state index in [9.17, 15) is 23.1 Å². The molecule has 0 aliphatic carbocycles. The number of nitrogens with one attached hydrogen (secondary N) is 1. The average molecular weight is 431 g/mol. The van der Waals surface area contributed by atoms with Crippen LogP contribution in [0.1, 0.15) is 16.7 Å². The van der Waals surface area contributed by atoms with Crippen LogP contribution < -0.4 is 5.32 Å². The highest BCUT2D eigenvalue weighted by Crippen LogP contribution is 2.38. The summed E-state index contributed by atoms with van der Waals surface area (Å²) in [6.07, 6.45) is -2.88. The topological polar surface area (TPSA) is 49.3 Å². The molecule has 0 radical (unpaired) electrons. The summed E-state index contributed by atoms with van der Waals surface area (Å²) in [7, 11) is 0. The number of alkyl halides is 3. The van der Waals surface area contributed by atoms with Gasteiger partial charge in [0.1, 0.15) is 5.75 Å². The number of phenolic OH excluding ortho intramolecular Hbond substituents is 1. The first-order valence-electron chi connectivity index (χ1n) is 6.49. The lowest BCUT2D eigenvalue weighted by molar-refractivity contribution is -0.137. The molecule has 0 bridgehead atoms. The smallest absolute Gasteiger partial charge is 0.416 e. The van der Waals surface area contributed by atoms with E-state index in [-0.39, 0.29) is 17.0 Å². The van der Waals surface area contributed by atoms with E-state index in [2.05, 4.69) is 5.32 Å². The third kappa shape index (κ3) is 3.05. The molecule has 0 aromatic heterocycles. The number of carbonyl (C=O) groups excluding carboxylic acids is 1. The molecule has 0 spiro atoms. The number of carbonyl (C=O) groups is 1. The monoisotopic (exact) mass is 431 g/mol. The number of halogens is 4. The number of phenols is 1. The lowest BCUT2D eigenvalue weighted by atomic mass is 10.0. The minimum Gasteiger partial charge on any atom is -0.507 e. The fourth-order valence-corrected chi connectivity index (χ4v) is 2.83. The van der Waals surface area contributed by atoms with Crippen molar-refractivity contribution >= 4 is 45.8 Å². The molecule has 2 aromatic rings. The van der Waals surface area contributed by atoms with Gasteiger partial charge in [0.05, 0.1) is 9.13 Å². The molecule has 7 heteroatoms. The summed E-state index contributed by atoms with van der Waals surface area (Å²) < 4.78 is 38.8. The first kappa shape index (κ1) is 15.9. The molecule has 1 aliphatic heterocycles. The highest BCUT2D eigenvalue weighted by atomic mass is 127. The summed E-state index contributed by atoms with van der Waals surface area (Å²) in [5.41, 5.74) is 0.716. The maximum absolute atomic E-state index is 12.7. The molecule has 1 heterocycles. The second-order valence-electron chi connectivity index (χ2n) is 4.98. The van der Waals surface area contributed by atoms with Crippen LogP contribution in [0.3, 0.4) is 0 Å². The molecule has 1 amide bonds. The van der Waals surface area contributed by atoms with Crippen LogP contribution in [-0.4, -0.2) is 11.0 Å². The van der Waals surface area contributed by atoms with Gasteiger partial charge in [-0.2, -0.15) is 13.2 Å². The third-order valence-electron chi connectivity index (χ3n) is 3.41. The van der Waals surface area contributed by atoms with E-state index >= 15 is 0 Å². The molecule has 2 aromatic carbocycles. The van der Waals surface area contributed by atoms with Gasteiger partial charge in [-0.3, -0.25) is 4.79 Å². The molecule has 0 fully saturated rings. The maximum Gasteiger partial charge on any atom is 0.416 e. The summed E-state index contributed by atoms with van der Waals surface area (Å²) in [5.74, 6) is -0.332. The zero-order valence-corrected chi connectivity index (χ0v) is 13.6. The molecule has 0 atom stereocenters. The Morgan fingerprint density at radius 1 is 1.13 bits per heavy atom. The average Bonchev–Trinajstić information content (AvgIpc) is 2.77. The summed E-state index contributed by atoms with van der Waals surface area (Å²) in [5, 5.41) is 12.0. The summed E-state index contributed by atoms with van der Waals surface area (Å²) in [6.45, 7) is 0. The minimum atomic E-state index is -4.46. The van der Waals surface area contributed by atoms with Crippen LogP contribution in [0.4, 0.5) is 18.9 Å². The Morgan fingerprint density at radius 2 is 1.87 bits per heavy atom. The van der Waals surface area contributed by atoms with Crippen LogP contribution >= 0.6 is 22.6 Å². The van der Waals surface area contributed by atoms with Crippen molar-refractivity contribution in [3.05, 3.63) is 56.7 Å². The summed E-state index contributed by atoms with van der Waals surface area (Å²) in [4.78, 5) is 12.0. The Balaban J connectivity index is 2.05. The lowest BCUT2D eigenvalue weighted by Gasteiger charge is -2.08. The number of fused-ring (bicyclic) bond motifs is 1. The van der Waals surface area contributed by atoms with Crippen LogP contribution in [0.5, 0.6) is 5.75 Å². The Hall–Kier alpha value is -2.03. The van der Waals surface area contributed by atoms with E-state index in [0.717, 1.165) is 12.1 Å². The first-order chi connectivity index (χ1) is 10.8. The predicted octanol–water partition coefficient (Wildman–Crippen LogP) is 4.51. The fourth-order valence-electron chi connectivity index (χ4n) is 2.29. The normalized spacial score (nSPS) is 15.7. The predicted molar refractivity (Wildman–Crippen MR) is 88.8 cm³/mol. The van der Waals surface area contributed by atoms with Crippen LogP contribution in [0.15, 0.2) is 36.4 Å². The Morgan fingerprint density at radius 3 is 2.52 bits per heavy atom. The lowest BCUT2D eigenvalue weighted by Crippen LogP contribution is -2.06. The Bertz CT molecular complexity index is 844. The van der Waals surface area contributed by atoms with Gasteiger partial charge in [0.25, 0.3) is 5.91 Å². The molecule has 2 N–H and O–H groups in total. The van der Waals surface area contributed by atoms with Gasteiger partial charge in [0.2, 0.25) is 0 Å². The van der Waals surface area contributed by atoms with E-state index in [4.69, 9.17) is 0 Å². The van der Waals surface area contributed by atoms with Crippen LogP contribution in [0, 0.1) is 3.57 Å². The largest absolute Gasteiger partial charge is 0.507 e. The van der Waals surface area contributed by atoms with Gasteiger partial charge >= 0.3 is 6.18 Å². The minimum absolute atomic E-state index is 0.124. The van der Waals surface area contributed by atoms with E-state index in [1.165, 1.54) is 12.1 Å². The molecule has 3 nitrogen and oxygen atoms in total. The second-order valence-corrected chi connectivity index (χ2v) is 6.14. The van der Waals surface area contributed by atoms with Gasteiger partial charge in [-0.15, -0.1) is 0 Å². The Labute approximate surface area is 143 Å². The number of anilines is 1. The van der Waals surface area contributed by atoms with Crippen molar-refractivity contribution in [2.75, 3.05) is 5.32 Å². The maximum atomic E-state index is 12.7. The van der Waals surface area contributed by atoms with Gasteiger partial charge in [-0.05, 0) is 58.5 Å². The molecular formula is C16H9F3INO2. The molecule has 118 valence electrons. The standard InChI is InChI=1S/C16H9F3INO2/c17-16(18,19)9-2-3-10-11(15(23)21-13(10)7-9)5-8-1-4-14(22)12(20)6-8/h1-7,22H,(H,21,23)/b11-5-. The molecule has 3 rings (SSSR count). The molecule has 23 heavy (non-hydrogen) atoms. The highest BCUT2D eigenvalue weighted by Gasteiger charge is 2.33. The van der Waals surface area contributed by atoms with Crippen LogP contribution in [0.25, 0.3) is 11.6 Å². The van der Waals surface area contributed by atoms with E-state index < -0.39 is 17.6 Å². The number of aromatic hydroxyl groups is 1. The number of hydrogen-bond acceptors (Lipinski definition) is 2. The zero-order valence-electron chi connectivity index (χ0n) is 11.4. The van der Waals surface area contributed by atoms with Crippen molar-refractivity contribution in [3.63, 3.8) is 0 Å². The number of rotatable bonds is 1. The first-order valence-corrected chi connectivity index (χ1v) is 7.57. The Kier molecular flexibility index (Phi) is 3.83. The molecule has 0 unspecified atom stereocenters. The molecule has 0 saturated carbocycles. The fraction of sp³-hybridized carbons (Fsp3) is 0.0625. The van der Waals surface area contributed by atoms with Crippen molar-refractivity contribution in [1.29, 1.82) is 0 Å². The quantitative estimate of drug-likeness (QED) is 0.516. The van der Waals surface area contributed by atoms with Crippen LogP contribution in [0.2, 0.25) is 0 Å². The van der Waals surface area contributed by atoms with Crippen molar-refractivity contribution in [1.82, 2.24) is 0 Å². The van der Waals surface area contributed by atoms with Gasteiger partial charge in [-0.25, -0.2) is 0 Å². The second kappa shape index (κ2) is 5.55. The SMILES string of the molecule is O=C1Nc2cc(C(F)(F)F)ccc2/C1=C/c1ccc(O)c(I)c1. The van der Waals surface area contributed by atoms with Crippen molar-refractivity contribution in [3.8, 4) is 5.75 Å². The van der Waals surface area contributed by atoms with Gasteiger partial charge in [0, 0.05) is 16.8 Å². The van der Waals surface area contributed by atoms with Crippen LogP contribution in [-0.2, 0) is 11.0 Å². The summed E-state index contributed by atoms with van der Waals surface area (Å²) in [6, 6.07) is 7.96. The number of amides is 1. The van der Waals surface area contributed by atoms with Gasteiger partial charge in [-0.1, -0.05) is 12.1 Å². The van der Waals surface area contributed by atoms with Gasteiger partial charge in [0.15, 0.2) is 0 Å². The summed E-state index contributed by atoms with van der Waals surface area (Å²) >= 11 is 1.95. The zero-order chi connectivity index (χ0) is 16.8. The molecule has 1 aliphatic rings. The van der Waals surface area contributed by atoms with E-state index in [1.807, 2.05) is 22.6 Å². The number of benzene rings is 2. The highest BCUT2D eigenvalue weighted by molar-refractivity contribution is 14.1. The molecular weight excluding hydrogens is 422 g/mol. The van der Waals surface area contributed by atoms with E-state index in [1.54, 1.807) is 18.2 Å². The van der Waals surface area contributed by atoms with Crippen molar-refractivity contribution in [2.24, 2.45) is 0 Å². The van der Waals surface area contributed by atoms with Gasteiger partial charge < -0.3 is 10.4 Å². The van der Waals surface area contributed by atoms with Crippen molar-refractivity contribution in [2.45, 2.75) is 6.18 Å². The number of hydrogen-bond donors (Lipinski definition) is 2. The molecule has 0 saturated heterocycles. The van der Waals surface area contributed by atoms with E-state index in [0.29, 0.717) is 14.7 Å². The third-order valence-corrected chi connectivity index (χ3v) is 4.28.